The first-order valence-corrected chi connectivity index (χ1v) is 9.74. The van der Waals surface area contributed by atoms with Crippen molar-refractivity contribution in [3.63, 3.8) is 0 Å². The van der Waals surface area contributed by atoms with Crippen LogP contribution < -0.4 is 19.7 Å². The van der Waals surface area contributed by atoms with Crippen LogP contribution in [0.4, 0.5) is 10.5 Å². The number of anilines is 1. The molecule has 156 valence electrons. The van der Waals surface area contributed by atoms with Gasteiger partial charge >= 0.3 is 6.03 Å². The Morgan fingerprint density at radius 2 is 1.87 bits per heavy atom. The van der Waals surface area contributed by atoms with Crippen molar-refractivity contribution in [3.05, 3.63) is 58.6 Å². The fourth-order valence-electron chi connectivity index (χ4n) is 2.86. The van der Waals surface area contributed by atoms with Crippen molar-refractivity contribution in [3.8, 4) is 11.5 Å². The van der Waals surface area contributed by atoms with Gasteiger partial charge < -0.3 is 9.47 Å². The minimum atomic E-state index is -0.804. The number of methoxy groups -OCH3 is 1. The van der Waals surface area contributed by atoms with Crippen LogP contribution in [0.1, 0.15) is 25.8 Å². The fraction of sp³-hybridized carbons (Fsp3) is 0.227. The number of hydrogen-bond acceptors (Lipinski definition) is 5. The maximum absolute atomic E-state index is 12.9. The highest BCUT2D eigenvalue weighted by atomic mass is 35.5. The molecular weight excluding hydrogens is 408 g/mol. The van der Waals surface area contributed by atoms with Crippen molar-refractivity contribution in [2.75, 3.05) is 12.0 Å². The number of barbiturate groups is 1. The predicted molar refractivity (Wildman–Crippen MR) is 114 cm³/mol. The van der Waals surface area contributed by atoms with Crippen LogP contribution in [0.25, 0.3) is 6.08 Å². The smallest absolute Gasteiger partial charge is 0.335 e. The highest BCUT2D eigenvalue weighted by molar-refractivity contribution is 6.39. The normalized spacial score (nSPS) is 16.5. The highest BCUT2D eigenvalue weighted by Gasteiger charge is 2.36. The standard InChI is InChI=1S/C22H21ClN2O5/c1-4-13(2)30-19-17(23)11-14(12-18(19)29-3)10-16-20(26)24-22(28)25(21(16)27)15-8-6-5-7-9-15/h5-13H,4H2,1-3H3,(H,24,26,28)/b16-10+/t13-/m0/s1. The summed E-state index contributed by atoms with van der Waals surface area (Å²) in [5.41, 5.74) is 0.604. The van der Waals surface area contributed by atoms with E-state index in [0.717, 1.165) is 11.3 Å². The molecule has 0 saturated carbocycles. The summed E-state index contributed by atoms with van der Waals surface area (Å²) in [4.78, 5) is 38.4. The van der Waals surface area contributed by atoms with E-state index in [-0.39, 0.29) is 16.7 Å². The Kier molecular flexibility index (Phi) is 6.42. The second kappa shape index (κ2) is 9.00. The highest BCUT2D eigenvalue weighted by Crippen LogP contribution is 2.38. The lowest BCUT2D eigenvalue weighted by Crippen LogP contribution is -2.54. The van der Waals surface area contributed by atoms with E-state index >= 15 is 0 Å². The van der Waals surface area contributed by atoms with Gasteiger partial charge in [0.1, 0.15) is 5.57 Å². The third-order valence-electron chi connectivity index (χ3n) is 4.57. The third kappa shape index (κ3) is 4.31. The van der Waals surface area contributed by atoms with Crippen molar-refractivity contribution in [2.45, 2.75) is 26.4 Å². The number of halogens is 1. The van der Waals surface area contributed by atoms with Gasteiger partial charge in [0.15, 0.2) is 11.5 Å². The minimum Gasteiger partial charge on any atom is -0.493 e. The first-order valence-electron chi connectivity index (χ1n) is 9.36. The molecule has 0 aromatic heterocycles. The molecule has 1 saturated heterocycles. The molecule has 3 rings (SSSR count). The van der Waals surface area contributed by atoms with Crippen molar-refractivity contribution in [1.82, 2.24) is 5.32 Å². The SMILES string of the molecule is CC[C@H](C)Oc1c(Cl)cc(/C=C2\C(=O)NC(=O)N(c3ccccc3)C2=O)cc1OC. The molecule has 0 unspecified atom stereocenters. The molecular formula is C22H21ClN2O5. The van der Waals surface area contributed by atoms with Crippen LogP contribution in [0.15, 0.2) is 48.0 Å². The monoisotopic (exact) mass is 428 g/mol. The average molecular weight is 429 g/mol. The van der Waals surface area contributed by atoms with E-state index in [4.69, 9.17) is 21.1 Å². The summed E-state index contributed by atoms with van der Waals surface area (Å²) in [5, 5.41) is 2.47. The van der Waals surface area contributed by atoms with E-state index in [1.165, 1.54) is 13.2 Å². The number of ether oxygens (including phenoxy) is 2. The number of hydrogen-bond donors (Lipinski definition) is 1. The predicted octanol–water partition coefficient (Wildman–Crippen LogP) is 4.19. The van der Waals surface area contributed by atoms with E-state index in [9.17, 15) is 14.4 Å². The zero-order valence-corrected chi connectivity index (χ0v) is 17.5. The van der Waals surface area contributed by atoms with Gasteiger partial charge in [-0.15, -0.1) is 0 Å². The molecule has 1 fully saturated rings. The Morgan fingerprint density at radius 1 is 1.17 bits per heavy atom. The van der Waals surface area contributed by atoms with E-state index in [2.05, 4.69) is 5.32 Å². The van der Waals surface area contributed by atoms with Crippen molar-refractivity contribution in [2.24, 2.45) is 0 Å². The van der Waals surface area contributed by atoms with Gasteiger partial charge in [0.2, 0.25) is 0 Å². The van der Waals surface area contributed by atoms with Gasteiger partial charge in [0, 0.05) is 0 Å². The van der Waals surface area contributed by atoms with Gasteiger partial charge in [0.05, 0.1) is 23.9 Å². The summed E-state index contributed by atoms with van der Waals surface area (Å²) in [6.45, 7) is 3.89. The molecule has 0 bridgehead atoms. The molecule has 30 heavy (non-hydrogen) atoms. The number of nitrogens with zero attached hydrogens (tertiary/aromatic N) is 1. The zero-order chi connectivity index (χ0) is 21.8. The van der Waals surface area contributed by atoms with E-state index in [0.29, 0.717) is 22.7 Å². The van der Waals surface area contributed by atoms with Gasteiger partial charge in [-0.1, -0.05) is 36.7 Å². The van der Waals surface area contributed by atoms with Crippen LogP contribution in [0, 0.1) is 0 Å². The van der Waals surface area contributed by atoms with Crippen LogP contribution >= 0.6 is 11.6 Å². The van der Waals surface area contributed by atoms with Crippen LogP contribution in [0.3, 0.4) is 0 Å². The Bertz CT molecular complexity index is 1020. The average Bonchev–Trinajstić information content (AvgIpc) is 2.73. The fourth-order valence-corrected chi connectivity index (χ4v) is 3.12. The summed E-state index contributed by atoms with van der Waals surface area (Å²) >= 11 is 6.37. The minimum absolute atomic E-state index is 0.0725. The first kappa shape index (κ1) is 21.4. The number of benzene rings is 2. The van der Waals surface area contributed by atoms with Crippen molar-refractivity contribution < 1.29 is 23.9 Å². The molecule has 1 aliphatic heterocycles. The molecule has 1 heterocycles. The summed E-state index contributed by atoms with van der Waals surface area (Å²) < 4.78 is 11.2. The zero-order valence-electron chi connectivity index (χ0n) is 16.8. The van der Waals surface area contributed by atoms with Crippen LogP contribution in [0.5, 0.6) is 11.5 Å². The van der Waals surface area contributed by atoms with Gasteiger partial charge in [-0.25, -0.2) is 9.69 Å². The van der Waals surface area contributed by atoms with Gasteiger partial charge in [-0.2, -0.15) is 0 Å². The molecule has 0 aliphatic carbocycles. The lowest BCUT2D eigenvalue weighted by molar-refractivity contribution is -0.122. The molecule has 1 N–H and O–H groups in total. The van der Waals surface area contributed by atoms with Crippen molar-refractivity contribution >= 4 is 41.2 Å². The number of imide groups is 2. The third-order valence-corrected chi connectivity index (χ3v) is 4.85. The molecule has 4 amide bonds. The molecule has 1 aliphatic rings. The van der Waals surface area contributed by atoms with Crippen LogP contribution in [-0.4, -0.2) is 31.1 Å². The largest absolute Gasteiger partial charge is 0.493 e. The maximum Gasteiger partial charge on any atom is 0.335 e. The molecule has 2 aromatic carbocycles. The Morgan fingerprint density at radius 3 is 2.50 bits per heavy atom. The first-order chi connectivity index (χ1) is 14.3. The lowest BCUT2D eigenvalue weighted by atomic mass is 10.1. The van der Waals surface area contributed by atoms with Gasteiger partial charge in [-0.05, 0) is 49.2 Å². The van der Waals surface area contributed by atoms with Gasteiger partial charge in [-0.3, -0.25) is 14.9 Å². The summed E-state index contributed by atoms with van der Waals surface area (Å²) in [6, 6.07) is 10.7. The molecule has 8 heteroatoms. The number of para-hydroxylation sites is 1. The number of amides is 4. The number of carbonyl (C=O) groups excluding carboxylic acids is 3. The van der Waals surface area contributed by atoms with E-state index in [1.807, 2.05) is 13.8 Å². The summed E-state index contributed by atoms with van der Waals surface area (Å²) in [5.74, 6) is -0.761. The Hall–Kier alpha value is -3.32. The van der Waals surface area contributed by atoms with Crippen LogP contribution in [-0.2, 0) is 9.59 Å². The number of urea groups is 1. The number of carbonyl (C=O) groups is 3. The lowest BCUT2D eigenvalue weighted by Gasteiger charge is -2.26. The maximum atomic E-state index is 12.9. The van der Waals surface area contributed by atoms with Gasteiger partial charge in [0.25, 0.3) is 11.8 Å². The van der Waals surface area contributed by atoms with Crippen molar-refractivity contribution in [1.29, 1.82) is 0 Å². The van der Waals surface area contributed by atoms with E-state index in [1.54, 1.807) is 42.5 Å². The molecule has 0 spiro atoms. The summed E-state index contributed by atoms with van der Waals surface area (Å²) in [6.07, 6.45) is 2.07. The van der Waals surface area contributed by atoms with Crippen LogP contribution in [0.2, 0.25) is 5.02 Å². The number of nitrogens with one attached hydrogen (secondary N) is 1. The quantitative estimate of drug-likeness (QED) is 0.550. The Balaban J connectivity index is 2.00. The molecule has 7 nitrogen and oxygen atoms in total. The topological polar surface area (TPSA) is 84.9 Å². The molecule has 2 aromatic rings. The summed E-state index contributed by atoms with van der Waals surface area (Å²) in [7, 11) is 1.47. The molecule has 0 radical (unpaired) electrons. The second-order valence-corrected chi connectivity index (χ2v) is 7.07. The Labute approximate surface area is 179 Å². The molecule has 1 atom stereocenters. The number of rotatable bonds is 6. The van der Waals surface area contributed by atoms with E-state index < -0.39 is 17.8 Å². The second-order valence-electron chi connectivity index (χ2n) is 6.66.